The molecule has 3 rings (SSSR count). The average Bonchev–Trinajstić information content (AvgIpc) is 3.11. The van der Waals surface area contributed by atoms with Gasteiger partial charge in [0.15, 0.2) is 5.82 Å². The number of sulfonamides is 1. The van der Waals surface area contributed by atoms with Gasteiger partial charge in [-0.15, -0.1) is 11.3 Å². The van der Waals surface area contributed by atoms with Crippen molar-refractivity contribution in [2.75, 3.05) is 4.72 Å². The van der Waals surface area contributed by atoms with Crippen molar-refractivity contribution in [3.63, 3.8) is 0 Å². The second-order valence-corrected chi connectivity index (χ2v) is 9.05. The Kier molecular flexibility index (Phi) is 5.01. The van der Waals surface area contributed by atoms with Crippen molar-refractivity contribution in [2.24, 2.45) is 0 Å². The Morgan fingerprint density at radius 3 is 2.37 bits per heavy atom. The van der Waals surface area contributed by atoms with Crippen LogP contribution in [0.2, 0.25) is 8.67 Å². The molecule has 1 aromatic carbocycles. The molecule has 3 aromatic rings. The van der Waals surface area contributed by atoms with E-state index in [0.717, 1.165) is 29.5 Å². The molecule has 0 bridgehead atoms. The van der Waals surface area contributed by atoms with Gasteiger partial charge in [-0.1, -0.05) is 23.2 Å². The smallest absolute Gasteiger partial charge is 0.289 e. The molecule has 0 fully saturated rings. The molecule has 0 saturated carbocycles. The molecule has 0 aliphatic carbocycles. The Balaban J connectivity index is 2.09. The highest BCUT2D eigenvalue weighted by Gasteiger charge is 2.32. The quantitative estimate of drug-likeness (QED) is 0.549. The molecular formula is C13H7Cl2F3N4O3S2. The fourth-order valence-electron chi connectivity index (χ4n) is 2.11. The highest BCUT2D eigenvalue weighted by Crippen LogP contribution is 2.37. The minimum absolute atomic E-state index is 0.0965. The van der Waals surface area contributed by atoms with Crippen LogP contribution in [0.15, 0.2) is 34.0 Å². The van der Waals surface area contributed by atoms with E-state index in [-0.39, 0.29) is 25.0 Å². The molecule has 0 unspecified atom stereocenters. The fourth-order valence-corrected chi connectivity index (χ4v) is 5.30. The maximum atomic E-state index is 13.2. The van der Waals surface area contributed by atoms with E-state index < -0.39 is 33.1 Å². The maximum Gasteiger partial charge on any atom is 0.416 e. The van der Waals surface area contributed by atoms with E-state index >= 15 is 0 Å². The topological polar surface area (TPSA) is 108 Å². The first-order valence-corrected chi connectivity index (χ1v) is 9.86. The third-order valence-corrected chi connectivity index (χ3v) is 6.34. The van der Waals surface area contributed by atoms with Crippen LogP contribution < -0.4 is 10.4 Å². The second kappa shape index (κ2) is 6.86. The third-order valence-electron chi connectivity index (χ3n) is 3.20. The van der Waals surface area contributed by atoms with Crippen LogP contribution in [-0.2, 0) is 16.2 Å². The summed E-state index contributed by atoms with van der Waals surface area (Å²) in [6, 6.07) is 3.49. The lowest BCUT2D eigenvalue weighted by Gasteiger charge is -2.13. The summed E-state index contributed by atoms with van der Waals surface area (Å²) >= 11 is 12.3. The molecule has 0 radical (unpaired) electrons. The van der Waals surface area contributed by atoms with Crippen molar-refractivity contribution in [3.8, 4) is 11.4 Å². The Morgan fingerprint density at radius 2 is 1.85 bits per heavy atom. The van der Waals surface area contributed by atoms with Crippen molar-refractivity contribution >= 4 is 50.2 Å². The van der Waals surface area contributed by atoms with Crippen molar-refractivity contribution in [1.29, 1.82) is 0 Å². The molecular weight excluding hydrogens is 452 g/mol. The Hall–Kier alpha value is -2.02. The third kappa shape index (κ3) is 4.29. The monoisotopic (exact) mass is 458 g/mol. The van der Waals surface area contributed by atoms with Gasteiger partial charge in [0, 0.05) is 5.56 Å². The van der Waals surface area contributed by atoms with Crippen molar-refractivity contribution in [1.82, 2.24) is 15.2 Å². The summed E-state index contributed by atoms with van der Waals surface area (Å²) < 4.78 is 66.4. The normalized spacial score (nSPS) is 12.3. The maximum absolute atomic E-state index is 13.2. The summed E-state index contributed by atoms with van der Waals surface area (Å²) in [5.74, 6) is -0.192. The van der Waals surface area contributed by atoms with E-state index in [2.05, 4.69) is 10.1 Å². The molecule has 0 aliphatic heterocycles. The first kappa shape index (κ1) is 19.7. The summed E-state index contributed by atoms with van der Waals surface area (Å²) in [5, 5.41) is 5.57. The first-order chi connectivity index (χ1) is 12.5. The number of hydrogen-bond acceptors (Lipinski definition) is 5. The van der Waals surface area contributed by atoms with Crippen LogP contribution in [0.4, 0.5) is 18.9 Å². The lowest BCUT2D eigenvalue weighted by atomic mass is 10.1. The molecule has 2 aromatic heterocycles. The molecule has 0 saturated heterocycles. The largest absolute Gasteiger partial charge is 0.416 e. The lowest BCUT2D eigenvalue weighted by Crippen LogP contribution is -2.14. The Bertz CT molecular complexity index is 1170. The van der Waals surface area contributed by atoms with Crippen LogP contribution >= 0.6 is 34.5 Å². The molecule has 2 heterocycles. The van der Waals surface area contributed by atoms with Gasteiger partial charge in [0.05, 0.1) is 15.6 Å². The highest BCUT2D eigenvalue weighted by molar-refractivity contribution is 7.93. The standard InChI is InChI=1S/C13H7Cl2F3N4O3S2/c14-9-4-8(10(15)26-9)27(24,25)22-7-2-5(11-19-12(23)21-20-11)1-6(3-7)13(16,17)18/h1-4,22H,(H2,19,20,21,23). The zero-order chi connectivity index (χ0) is 20.0. The van der Waals surface area contributed by atoms with Crippen LogP contribution in [0.1, 0.15) is 5.56 Å². The predicted octanol–water partition coefficient (Wildman–Crippen LogP) is 3.95. The van der Waals surface area contributed by atoms with Crippen LogP contribution in [0.5, 0.6) is 0 Å². The van der Waals surface area contributed by atoms with Gasteiger partial charge in [-0.3, -0.25) is 9.71 Å². The van der Waals surface area contributed by atoms with Gasteiger partial charge in [0.25, 0.3) is 10.0 Å². The molecule has 144 valence electrons. The van der Waals surface area contributed by atoms with Gasteiger partial charge in [-0.25, -0.2) is 18.3 Å². The number of hydrogen-bond donors (Lipinski definition) is 3. The zero-order valence-corrected chi connectivity index (χ0v) is 15.8. The highest BCUT2D eigenvalue weighted by atomic mass is 35.5. The molecule has 0 amide bonds. The first-order valence-electron chi connectivity index (χ1n) is 6.81. The number of alkyl halides is 3. The van der Waals surface area contributed by atoms with E-state index in [0.29, 0.717) is 6.07 Å². The number of nitrogens with zero attached hydrogens (tertiary/aromatic N) is 1. The molecule has 7 nitrogen and oxygen atoms in total. The second-order valence-electron chi connectivity index (χ2n) is 5.12. The number of anilines is 1. The van der Waals surface area contributed by atoms with Gasteiger partial charge in [0.1, 0.15) is 9.23 Å². The number of benzene rings is 1. The minimum Gasteiger partial charge on any atom is -0.289 e. The van der Waals surface area contributed by atoms with Crippen LogP contribution in [0.3, 0.4) is 0 Å². The van der Waals surface area contributed by atoms with Gasteiger partial charge in [0.2, 0.25) is 0 Å². The molecule has 27 heavy (non-hydrogen) atoms. The van der Waals surface area contributed by atoms with E-state index in [1.165, 1.54) is 0 Å². The SMILES string of the molecule is O=c1[nH]nc(-c2cc(NS(=O)(=O)c3cc(Cl)sc3Cl)cc(C(F)(F)F)c2)[nH]1. The van der Waals surface area contributed by atoms with Crippen molar-refractivity contribution in [2.45, 2.75) is 11.1 Å². The summed E-state index contributed by atoms with van der Waals surface area (Å²) in [5.41, 5.74) is -2.43. The number of nitrogens with one attached hydrogen (secondary N) is 3. The van der Waals surface area contributed by atoms with Gasteiger partial charge >= 0.3 is 11.9 Å². The Morgan fingerprint density at radius 1 is 1.15 bits per heavy atom. The van der Waals surface area contributed by atoms with Crippen LogP contribution in [0, 0.1) is 0 Å². The molecule has 0 aliphatic rings. The minimum atomic E-state index is -4.77. The van der Waals surface area contributed by atoms with E-state index in [4.69, 9.17) is 23.2 Å². The average molecular weight is 459 g/mol. The predicted molar refractivity (Wildman–Crippen MR) is 94.8 cm³/mol. The van der Waals surface area contributed by atoms with Crippen molar-refractivity contribution < 1.29 is 21.6 Å². The van der Waals surface area contributed by atoms with E-state index in [1.807, 2.05) is 9.82 Å². The van der Waals surface area contributed by atoms with Gasteiger partial charge in [-0.2, -0.15) is 18.3 Å². The van der Waals surface area contributed by atoms with E-state index in [9.17, 15) is 26.4 Å². The summed E-state index contributed by atoms with van der Waals surface area (Å²) in [6.07, 6.45) is -4.77. The summed E-state index contributed by atoms with van der Waals surface area (Å²) in [7, 11) is -4.30. The number of halogens is 5. The molecule has 14 heteroatoms. The number of thiophene rings is 1. The molecule has 3 N–H and O–H groups in total. The summed E-state index contributed by atoms with van der Waals surface area (Å²) in [4.78, 5) is 13.0. The lowest BCUT2D eigenvalue weighted by molar-refractivity contribution is -0.137. The zero-order valence-electron chi connectivity index (χ0n) is 12.7. The van der Waals surface area contributed by atoms with E-state index in [1.54, 1.807) is 0 Å². The van der Waals surface area contributed by atoms with Crippen LogP contribution in [-0.4, -0.2) is 23.6 Å². The number of aromatic amines is 2. The summed E-state index contributed by atoms with van der Waals surface area (Å²) in [6.45, 7) is 0. The fraction of sp³-hybridized carbons (Fsp3) is 0.0769. The number of aromatic nitrogens is 3. The molecule has 0 atom stereocenters. The number of H-pyrrole nitrogens is 2. The van der Waals surface area contributed by atoms with Gasteiger partial charge < -0.3 is 0 Å². The molecule has 0 spiro atoms. The van der Waals surface area contributed by atoms with Crippen molar-refractivity contribution in [3.05, 3.63) is 49.0 Å². The Labute approximate surface area is 163 Å². The van der Waals surface area contributed by atoms with Crippen LogP contribution in [0.25, 0.3) is 11.4 Å². The van der Waals surface area contributed by atoms with Gasteiger partial charge in [-0.05, 0) is 24.3 Å². The number of rotatable bonds is 4.